The number of fused-ring (bicyclic) bond motifs is 8. The van der Waals surface area contributed by atoms with Gasteiger partial charge in [0.05, 0.1) is 0 Å². The maximum Gasteiger partial charge on any atom is 0.0406 e. The lowest BCUT2D eigenvalue weighted by atomic mass is 9.49. The summed E-state index contributed by atoms with van der Waals surface area (Å²) in [6.45, 7) is 5.02. The van der Waals surface area contributed by atoms with Gasteiger partial charge in [-0.3, -0.25) is 0 Å². The lowest BCUT2D eigenvalue weighted by molar-refractivity contribution is 0.0426. The van der Waals surface area contributed by atoms with E-state index >= 15 is 0 Å². The van der Waals surface area contributed by atoms with Crippen LogP contribution in [0.2, 0.25) is 5.02 Å². The highest BCUT2D eigenvalue weighted by molar-refractivity contribution is 6.30. The zero-order chi connectivity index (χ0) is 20.5. The maximum absolute atomic E-state index is 6.16. The van der Waals surface area contributed by atoms with Crippen LogP contribution >= 0.6 is 11.6 Å². The SMILES string of the molecule is CC1CC2CC(C)C3(c4ccccc4-c4ccc(-c5ccc(Cl)cc5)cc43)C(C1)C2. The van der Waals surface area contributed by atoms with Crippen molar-refractivity contribution in [3.8, 4) is 22.3 Å². The molecule has 0 N–H and O–H groups in total. The number of hydrogen-bond acceptors (Lipinski definition) is 0. The Balaban J connectivity index is 1.59. The van der Waals surface area contributed by atoms with Gasteiger partial charge in [0.2, 0.25) is 0 Å². The maximum atomic E-state index is 6.16. The van der Waals surface area contributed by atoms with Crippen LogP contribution in [0.1, 0.15) is 50.7 Å². The molecule has 0 aliphatic heterocycles. The highest BCUT2D eigenvalue weighted by Crippen LogP contribution is 2.64. The first kappa shape index (κ1) is 18.7. The van der Waals surface area contributed by atoms with E-state index in [0.29, 0.717) is 5.92 Å². The number of hydrogen-bond donors (Lipinski definition) is 0. The molecule has 2 saturated carbocycles. The summed E-state index contributed by atoms with van der Waals surface area (Å²) in [6, 6.07) is 24.8. The minimum Gasteiger partial charge on any atom is -0.0843 e. The van der Waals surface area contributed by atoms with Gasteiger partial charge in [-0.05, 0) is 101 Å². The molecule has 5 atom stereocenters. The van der Waals surface area contributed by atoms with E-state index in [4.69, 9.17) is 11.6 Å². The van der Waals surface area contributed by atoms with Gasteiger partial charge in [-0.2, -0.15) is 0 Å². The number of benzene rings is 3. The standard InChI is InChI=1S/C29H29Cl/c1-18-13-20-15-19(2)29(23(14-18)16-20)27-6-4-3-5-25(27)26-12-9-22(17-28(26)29)21-7-10-24(30)11-8-21/h3-12,17-20,23H,13-16H2,1-2H3. The summed E-state index contributed by atoms with van der Waals surface area (Å²) in [7, 11) is 0. The molecule has 0 nitrogen and oxygen atoms in total. The summed E-state index contributed by atoms with van der Waals surface area (Å²) in [6.07, 6.45) is 5.55. The van der Waals surface area contributed by atoms with Crippen molar-refractivity contribution in [2.24, 2.45) is 23.7 Å². The van der Waals surface area contributed by atoms with Crippen molar-refractivity contribution in [2.75, 3.05) is 0 Å². The Morgan fingerprint density at radius 1 is 0.733 bits per heavy atom. The van der Waals surface area contributed by atoms with Crippen molar-refractivity contribution in [1.82, 2.24) is 0 Å². The molecule has 30 heavy (non-hydrogen) atoms. The first-order valence-electron chi connectivity index (χ1n) is 11.6. The first-order chi connectivity index (χ1) is 14.6. The largest absolute Gasteiger partial charge is 0.0843 e. The lowest BCUT2D eigenvalue weighted by Crippen LogP contribution is -2.49. The van der Waals surface area contributed by atoms with E-state index in [2.05, 4.69) is 68.4 Å². The van der Waals surface area contributed by atoms with Gasteiger partial charge in [-0.1, -0.05) is 74.0 Å². The summed E-state index contributed by atoms with van der Waals surface area (Å²) in [5, 5.41) is 0.798. The van der Waals surface area contributed by atoms with Crippen LogP contribution in [0.4, 0.5) is 0 Å². The van der Waals surface area contributed by atoms with Gasteiger partial charge >= 0.3 is 0 Å². The Bertz CT molecular complexity index is 1110. The van der Waals surface area contributed by atoms with Gasteiger partial charge < -0.3 is 0 Å². The van der Waals surface area contributed by atoms with Gasteiger partial charge in [-0.15, -0.1) is 0 Å². The second-order valence-electron chi connectivity index (χ2n) is 10.2. The molecular formula is C29H29Cl. The molecule has 0 heterocycles. The average molecular weight is 413 g/mol. The van der Waals surface area contributed by atoms with Gasteiger partial charge in [-0.25, -0.2) is 0 Å². The molecule has 0 saturated heterocycles. The highest BCUT2D eigenvalue weighted by atomic mass is 35.5. The second-order valence-corrected chi connectivity index (χ2v) is 10.6. The van der Waals surface area contributed by atoms with Crippen molar-refractivity contribution in [2.45, 2.75) is 44.9 Å². The molecule has 3 aromatic rings. The molecule has 3 aliphatic carbocycles. The molecule has 0 aromatic heterocycles. The van der Waals surface area contributed by atoms with Crippen LogP contribution < -0.4 is 0 Å². The summed E-state index contributed by atoms with van der Waals surface area (Å²) >= 11 is 6.16. The van der Waals surface area contributed by atoms with Crippen LogP contribution in [0.15, 0.2) is 66.7 Å². The van der Waals surface area contributed by atoms with E-state index in [1.165, 1.54) is 47.9 Å². The van der Waals surface area contributed by atoms with Crippen LogP contribution in [0.5, 0.6) is 0 Å². The van der Waals surface area contributed by atoms with Crippen LogP contribution in [-0.2, 0) is 5.41 Å². The second kappa shape index (κ2) is 6.72. The van der Waals surface area contributed by atoms with Crippen LogP contribution in [0.3, 0.4) is 0 Å². The molecule has 3 aromatic carbocycles. The quantitative estimate of drug-likeness (QED) is 0.376. The Hall–Kier alpha value is -2.05. The molecule has 1 heteroatoms. The molecular weight excluding hydrogens is 384 g/mol. The molecule has 0 radical (unpaired) electrons. The average Bonchev–Trinajstić information content (AvgIpc) is 3.03. The van der Waals surface area contributed by atoms with Crippen molar-refractivity contribution in [1.29, 1.82) is 0 Å². The smallest absolute Gasteiger partial charge is 0.0406 e. The zero-order valence-corrected chi connectivity index (χ0v) is 18.6. The molecule has 2 bridgehead atoms. The van der Waals surface area contributed by atoms with Crippen molar-refractivity contribution in [3.63, 3.8) is 0 Å². The third kappa shape index (κ3) is 2.53. The third-order valence-electron chi connectivity index (χ3n) is 8.45. The summed E-state index contributed by atoms with van der Waals surface area (Å²) < 4.78 is 0. The van der Waals surface area contributed by atoms with E-state index in [1.807, 2.05) is 12.1 Å². The van der Waals surface area contributed by atoms with Crippen molar-refractivity contribution in [3.05, 3.63) is 82.9 Å². The zero-order valence-electron chi connectivity index (χ0n) is 17.9. The fourth-order valence-electron chi connectivity index (χ4n) is 7.54. The third-order valence-corrected chi connectivity index (χ3v) is 8.71. The van der Waals surface area contributed by atoms with Crippen molar-refractivity contribution < 1.29 is 0 Å². The molecule has 1 spiro atoms. The summed E-state index contributed by atoms with van der Waals surface area (Å²) in [5.41, 5.74) is 8.85. The van der Waals surface area contributed by atoms with Gasteiger partial charge in [0.1, 0.15) is 0 Å². The van der Waals surface area contributed by atoms with Gasteiger partial charge in [0.15, 0.2) is 0 Å². The highest BCUT2D eigenvalue weighted by Gasteiger charge is 2.56. The predicted octanol–water partition coefficient (Wildman–Crippen LogP) is 8.37. The number of halogens is 1. The molecule has 152 valence electrons. The summed E-state index contributed by atoms with van der Waals surface area (Å²) in [5.74, 6) is 3.18. The minimum absolute atomic E-state index is 0.166. The monoisotopic (exact) mass is 412 g/mol. The Kier molecular flexibility index (Phi) is 4.19. The fraction of sp³-hybridized carbons (Fsp3) is 0.379. The molecule has 6 rings (SSSR count). The van der Waals surface area contributed by atoms with Gasteiger partial charge in [0.25, 0.3) is 0 Å². The van der Waals surface area contributed by atoms with E-state index in [-0.39, 0.29) is 5.41 Å². The Labute approximate surface area is 185 Å². The molecule has 3 aliphatic rings. The topological polar surface area (TPSA) is 0 Å². The van der Waals surface area contributed by atoms with Crippen LogP contribution in [0, 0.1) is 23.7 Å². The Morgan fingerprint density at radius 3 is 2.30 bits per heavy atom. The van der Waals surface area contributed by atoms with Gasteiger partial charge in [0, 0.05) is 10.4 Å². The van der Waals surface area contributed by atoms with Crippen molar-refractivity contribution >= 4 is 11.6 Å². The summed E-state index contributed by atoms with van der Waals surface area (Å²) in [4.78, 5) is 0. The predicted molar refractivity (Wildman–Crippen MR) is 127 cm³/mol. The van der Waals surface area contributed by atoms with Crippen LogP contribution in [-0.4, -0.2) is 0 Å². The van der Waals surface area contributed by atoms with E-state index in [1.54, 1.807) is 11.1 Å². The Morgan fingerprint density at radius 2 is 1.47 bits per heavy atom. The normalized spacial score (nSPS) is 31.4. The van der Waals surface area contributed by atoms with E-state index in [0.717, 1.165) is 22.8 Å². The molecule has 5 unspecified atom stereocenters. The number of rotatable bonds is 1. The lowest BCUT2D eigenvalue weighted by Gasteiger charge is -2.54. The van der Waals surface area contributed by atoms with Crippen LogP contribution in [0.25, 0.3) is 22.3 Å². The van der Waals surface area contributed by atoms with E-state index in [9.17, 15) is 0 Å². The molecule has 0 amide bonds. The molecule has 2 fully saturated rings. The fourth-order valence-corrected chi connectivity index (χ4v) is 7.66. The first-order valence-corrected chi connectivity index (χ1v) is 12.0. The minimum atomic E-state index is 0.166. The van der Waals surface area contributed by atoms with E-state index < -0.39 is 0 Å².